The molecule has 1 aliphatic heterocycles. The molecule has 2 rings (SSSR count). The quantitative estimate of drug-likeness (QED) is 0.795. The summed E-state index contributed by atoms with van der Waals surface area (Å²) in [5.41, 5.74) is 1.92. The maximum absolute atomic E-state index is 14.4. The fourth-order valence-corrected chi connectivity index (χ4v) is 3.37. The molecule has 2 atom stereocenters. The predicted octanol–water partition coefficient (Wildman–Crippen LogP) is 4.51. The fourth-order valence-electron chi connectivity index (χ4n) is 3.37. The van der Waals surface area contributed by atoms with E-state index in [2.05, 4.69) is 37.1 Å². The highest BCUT2D eigenvalue weighted by atomic mass is 19.1. The lowest BCUT2D eigenvalue weighted by atomic mass is 10.0. The average Bonchev–Trinajstić information content (AvgIpc) is 2.93. The SMILES string of the molecule is CCCNC(C)c1cccc(F)c1N1CCC(CCC)C1. The number of benzene rings is 1. The third kappa shape index (κ3) is 3.97. The molecule has 1 fully saturated rings. The third-order valence-corrected chi connectivity index (χ3v) is 4.48. The van der Waals surface area contributed by atoms with Crippen LogP contribution in [-0.2, 0) is 0 Å². The van der Waals surface area contributed by atoms with Crippen LogP contribution in [0.5, 0.6) is 0 Å². The molecule has 1 aromatic carbocycles. The molecule has 0 aromatic heterocycles. The van der Waals surface area contributed by atoms with Gasteiger partial charge in [0.25, 0.3) is 0 Å². The summed E-state index contributed by atoms with van der Waals surface area (Å²) in [4.78, 5) is 2.26. The molecule has 0 saturated carbocycles. The summed E-state index contributed by atoms with van der Waals surface area (Å²) in [5, 5.41) is 3.48. The maximum atomic E-state index is 14.4. The van der Waals surface area contributed by atoms with Gasteiger partial charge in [-0.15, -0.1) is 0 Å². The summed E-state index contributed by atoms with van der Waals surface area (Å²) in [7, 11) is 0. The van der Waals surface area contributed by atoms with Crippen LogP contribution in [0.15, 0.2) is 18.2 Å². The first-order valence-electron chi connectivity index (χ1n) is 8.44. The molecular weight excluding hydrogens is 263 g/mol. The maximum Gasteiger partial charge on any atom is 0.146 e. The summed E-state index contributed by atoms with van der Waals surface area (Å²) < 4.78 is 14.4. The molecule has 1 saturated heterocycles. The van der Waals surface area contributed by atoms with Gasteiger partial charge in [0, 0.05) is 19.1 Å². The lowest BCUT2D eigenvalue weighted by Crippen LogP contribution is -2.26. The molecule has 1 aromatic rings. The normalized spacial score (nSPS) is 20.0. The number of rotatable bonds is 7. The first kappa shape index (κ1) is 16.3. The van der Waals surface area contributed by atoms with Gasteiger partial charge < -0.3 is 10.2 Å². The van der Waals surface area contributed by atoms with E-state index in [1.165, 1.54) is 19.3 Å². The first-order chi connectivity index (χ1) is 10.2. The molecule has 0 amide bonds. The van der Waals surface area contributed by atoms with Gasteiger partial charge in [0.15, 0.2) is 0 Å². The van der Waals surface area contributed by atoms with E-state index < -0.39 is 0 Å². The van der Waals surface area contributed by atoms with Crippen molar-refractivity contribution in [1.82, 2.24) is 5.32 Å². The van der Waals surface area contributed by atoms with E-state index in [0.717, 1.165) is 43.2 Å². The Labute approximate surface area is 128 Å². The van der Waals surface area contributed by atoms with Gasteiger partial charge in [-0.1, -0.05) is 32.4 Å². The molecular formula is C18H29FN2. The Morgan fingerprint density at radius 2 is 2.14 bits per heavy atom. The molecule has 0 bridgehead atoms. The van der Waals surface area contributed by atoms with Gasteiger partial charge in [0.05, 0.1) is 5.69 Å². The van der Waals surface area contributed by atoms with Gasteiger partial charge in [-0.2, -0.15) is 0 Å². The summed E-state index contributed by atoms with van der Waals surface area (Å²) >= 11 is 0. The van der Waals surface area contributed by atoms with Crippen LogP contribution in [0.25, 0.3) is 0 Å². The number of hydrogen-bond acceptors (Lipinski definition) is 2. The molecule has 1 aliphatic rings. The van der Waals surface area contributed by atoms with E-state index in [1.807, 2.05) is 6.07 Å². The minimum absolute atomic E-state index is 0.0743. The molecule has 0 aliphatic carbocycles. The highest BCUT2D eigenvalue weighted by molar-refractivity contribution is 5.57. The zero-order valence-electron chi connectivity index (χ0n) is 13.7. The second-order valence-electron chi connectivity index (χ2n) is 6.24. The van der Waals surface area contributed by atoms with Crippen molar-refractivity contribution in [3.05, 3.63) is 29.6 Å². The number of hydrogen-bond donors (Lipinski definition) is 1. The summed E-state index contributed by atoms with van der Waals surface area (Å²) in [6.45, 7) is 9.47. The highest BCUT2D eigenvalue weighted by Gasteiger charge is 2.26. The van der Waals surface area contributed by atoms with Gasteiger partial charge in [-0.25, -0.2) is 4.39 Å². The van der Waals surface area contributed by atoms with Crippen molar-refractivity contribution < 1.29 is 4.39 Å². The van der Waals surface area contributed by atoms with E-state index in [-0.39, 0.29) is 11.9 Å². The van der Waals surface area contributed by atoms with Crippen molar-refractivity contribution in [1.29, 1.82) is 0 Å². The molecule has 3 heteroatoms. The molecule has 1 N–H and O–H groups in total. The van der Waals surface area contributed by atoms with E-state index in [4.69, 9.17) is 0 Å². The van der Waals surface area contributed by atoms with E-state index in [1.54, 1.807) is 6.07 Å². The Balaban J connectivity index is 2.18. The molecule has 2 nitrogen and oxygen atoms in total. The number of nitrogens with zero attached hydrogens (tertiary/aromatic N) is 1. The van der Waals surface area contributed by atoms with Gasteiger partial charge in [-0.05, 0) is 50.3 Å². The van der Waals surface area contributed by atoms with E-state index >= 15 is 0 Å². The molecule has 1 heterocycles. The van der Waals surface area contributed by atoms with Crippen molar-refractivity contribution in [2.75, 3.05) is 24.5 Å². The minimum atomic E-state index is -0.0743. The van der Waals surface area contributed by atoms with Crippen LogP contribution < -0.4 is 10.2 Å². The Morgan fingerprint density at radius 3 is 2.86 bits per heavy atom. The second-order valence-corrected chi connectivity index (χ2v) is 6.24. The largest absolute Gasteiger partial charge is 0.369 e. The van der Waals surface area contributed by atoms with Crippen LogP contribution in [0.4, 0.5) is 10.1 Å². The van der Waals surface area contributed by atoms with Crippen LogP contribution >= 0.6 is 0 Å². The van der Waals surface area contributed by atoms with Crippen molar-refractivity contribution in [3.63, 3.8) is 0 Å². The molecule has 118 valence electrons. The van der Waals surface area contributed by atoms with E-state index in [9.17, 15) is 4.39 Å². The monoisotopic (exact) mass is 292 g/mol. The Hall–Kier alpha value is -1.09. The number of anilines is 1. The topological polar surface area (TPSA) is 15.3 Å². The Morgan fingerprint density at radius 1 is 1.33 bits per heavy atom. The van der Waals surface area contributed by atoms with Crippen LogP contribution in [0.3, 0.4) is 0 Å². The summed E-state index contributed by atoms with van der Waals surface area (Å²) in [6.07, 6.45) is 4.76. The standard InChI is InChI=1S/C18H29FN2/c1-4-7-15-10-12-21(13-15)18-16(8-6-9-17(18)19)14(3)20-11-5-2/h6,8-9,14-15,20H,4-5,7,10-13H2,1-3H3. The Kier molecular flexibility index (Phi) is 6.04. The number of nitrogens with one attached hydrogen (secondary N) is 1. The average molecular weight is 292 g/mol. The van der Waals surface area contributed by atoms with E-state index in [0.29, 0.717) is 0 Å². The molecule has 2 unspecified atom stereocenters. The zero-order chi connectivity index (χ0) is 15.2. The molecule has 0 radical (unpaired) electrons. The van der Waals surface area contributed by atoms with Crippen molar-refractivity contribution in [2.24, 2.45) is 5.92 Å². The first-order valence-corrected chi connectivity index (χ1v) is 8.44. The molecule has 21 heavy (non-hydrogen) atoms. The molecule has 0 spiro atoms. The lowest BCUT2D eigenvalue weighted by molar-refractivity contribution is 0.527. The Bertz CT molecular complexity index is 447. The number of para-hydroxylation sites is 1. The van der Waals surface area contributed by atoms with Crippen LogP contribution in [-0.4, -0.2) is 19.6 Å². The predicted molar refractivity (Wildman–Crippen MR) is 88.3 cm³/mol. The second kappa shape index (κ2) is 7.79. The summed E-state index contributed by atoms with van der Waals surface area (Å²) in [6, 6.07) is 5.69. The number of halogens is 1. The van der Waals surface area contributed by atoms with Gasteiger partial charge in [0.2, 0.25) is 0 Å². The van der Waals surface area contributed by atoms with Crippen LogP contribution in [0.1, 0.15) is 58.1 Å². The third-order valence-electron chi connectivity index (χ3n) is 4.48. The van der Waals surface area contributed by atoms with Crippen LogP contribution in [0, 0.1) is 11.7 Å². The van der Waals surface area contributed by atoms with Crippen molar-refractivity contribution in [2.45, 2.75) is 52.5 Å². The van der Waals surface area contributed by atoms with Crippen molar-refractivity contribution in [3.8, 4) is 0 Å². The highest BCUT2D eigenvalue weighted by Crippen LogP contribution is 2.34. The van der Waals surface area contributed by atoms with Gasteiger partial charge in [-0.3, -0.25) is 0 Å². The zero-order valence-corrected chi connectivity index (χ0v) is 13.7. The van der Waals surface area contributed by atoms with Crippen LogP contribution in [0.2, 0.25) is 0 Å². The fraction of sp³-hybridized carbons (Fsp3) is 0.667. The summed E-state index contributed by atoms with van der Waals surface area (Å²) in [5.74, 6) is 0.649. The van der Waals surface area contributed by atoms with Gasteiger partial charge in [0.1, 0.15) is 5.82 Å². The van der Waals surface area contributed by atoms with Gasteiger partial charge >= 0.3 is 0 Å². The minimum Gasteiger partial charge on any atom is -0.369 e. The van der Waals surface area contributed by atoms with Crippen molar-refractivity contribution >= 4 is 5.69 Å². The smallest absolute Gasteiger partial charge is 0.146 e. The lowest BCUT2D eigenvalue weighted by Gasteiger charge is -2.26.